The van der Waals surface area contributed by atoms with E-state index < -0.39 is 0 Å². The van der Waals surface area contributed by atoms with Crippen LogP contribution in [0.3, 0.4) is 0 Å². The van der Waals surface area contributed by atoms with Gasteiger partial charge in [0.05, 0.1) is 0 Å². The lowest BCUT2D eigenvalue weighted by Crippen LogP contribution is -2.53. The van der Waals surface area contributed by atoms with Gasteiger partial charge < -0.3 is 5.73 Å². The monoisotopic (exact) mass is 232 g/mol. The van der Waals surface area contributed by atoms with Gasteiger partial charge in [0.25, 0.3) is 0 Å². The average Bonchev–Trinajstić information content (AvgIpc) is 2.25. The van der Waals surface area contributed by atoms with Crippen molar-refractivity contribution in [1.29, 1.82) is 0 Å². The van der Waals surface area contributed by atoms with Crippen molar-refractivity contribution in [3.05, 3.63) is 0 Å². The Kier molecular flexibility index (Phi) is 12.6. The van der Waals surface area contributed by atoms with Crippen LogP contribution in [0, 0.1) is 0 Å². The molecule has 1 atom stereocenters. The number of hydrogen-bond donors (Lipinski definition) is 6. The summed E-state index contributed by atoms with van der Waals surface area (Å²) in [6.07, 6.45) is 8.81. The summed E-state index contributed by atoms with van der Waals surface area (Å²) in [5.74, 6) is 4.99. The van der Waals surface area contributed by atoms with Crippen molar-refractivity contribution in [2.75, 3.05) is 6.54 Å². The van der Waals surface area contributed by atoms with E-state index in [0.29, 0.717) is 6.04 Å². The van der Waals surface area contributed by atoms with Gasteiger partial charge in [-0.15, -0.1) is 0 Å². The number of unbranched alkanes of at least 4 members (excludes halogenated alkanes) is 5. The molecule has 0 radical (unpaired) electrons. The van der Waals surface area contributed by atoms with Crippen LogP contribution < -0.4 is 33.6 Å². The minimum absolute atomic E-state index is 0.360. The van der Waals surface area contributed by atoms with Crippen molar-refractivity contribution in [1.82, 2.24) is 22.0 Å². The van der Waals surface area contributed by atoms with Gasteiger partial charge >= 0.3 is 0 Å². The second-order valence-electron chi connectivity index (χ2n) is 4.21. The van der Waals surface area contributed by atoms with Crippen LogP contribution in [0.4, 0.5) is 0 Å². The zero-order valence-corrected chi connectivity index (χ0v) is 10.4. The lowest BCUT2D eigenvalue weighted by atomic mass is 10.1. The second-order valence-corrected chi connectivity index (χ2v) is 4.21. The minimum Gasteiger partial charge on any atom is -0.328 e. The van der Waals surface area contributed by atoms with Crippen LogP contribution >= 0.6 is 0 Å². The fourth-order valence-corrected chi connectivity index (χ4v) is 1.53. The summed E-state index contributed by atoms with van der Waals surface area (Å²) in [7, 11) is 0. The zero-order valence-electron chi connectivity index (χ0n) is 10.4. The molecule has 0 spiro atoms. The lowest BCUT2D eigenvalue weighted by molar-refractivity contribution is 0.370. The Hall–Kier alpha value is -0.240. The molecule has 0 aliphatic rings. The molecular weight excluding hydrogens is 204 g/mol. The van der Waals surface area contributed by atoms with Crippen molar-refractivity contribution in [3.8, 4) is 0 Å². The van der Waals surface area contributed by atoms with Gasteiger partial charge in [-0.1, -0.05) is 32.1 Å². The number of nitrogens with two attached hydrogens (primary N) is 2. The predicted octanol–water partition coefficient (Wildman–Crippen LogP) is 0.0414. The van der Waals surface area contributed by atoms with Gasteiger partial charge in [-0.2, -0.15) is 16.6 Å². The van der Waals surface area contributed by atoms with Gasteiger partial charge in [0.15, 0.2) is 0 Å². The van der Waals surface area contributed by atoms with E-state index in [2.05, 4.69) is 29.0 Å². The molecule has 6 nitrogen and oxygen atoms in total. The maximum atomic E-state index is 5.68. The molecule has 8 N–H and O–H groups in total. The first-order valence-electron chi connectivity index (χ1n) is 6.21. The van der Waals surface area contributed by atoms with E-state index in [1.165, 1.54) is 38.5 Å². The predicted molar refractivity (Wildman–Crippen MR) is 67.6 cm³/mol. The highest BCUT2D eigenvalue weighted by Gasteiger charge is 1.94. The Bertz CT molecular complexity index is 130. The third-order valence-corrected chi connectivity index (χ3v) is 2.43. The van der Waals surface area contributed by atoms with E-state index >= 15 is 0 Å². The Morgan fingerprint density at radius 1 is 0.938 bits per heavy atom. The first-order valence-corrected chi connectivity index (χ1v) is 6.21. The summed E-state index contributed by atoms with van der Waals surface area (Å²) >= 11 is 0. The molecule has 0 saturated carbocycles. The lowest BCUT2D eigenvalue weighted by Gasteiger charge is -2.07. The molecule has 6 heteroatoms. The van der Waals surface area contributed by atoms with E-state index in [1.807, 2.05) is 0 Å². The van der Waals surface area contributed by atoms with Crippen molar-refractivity contribution in [2.45, 2.75) is 57.9 Å². The van der Waals surface area contributed by atoms with Crippen molar-refractivity contribution < 1.29 is 0 Å². The molecule has 16 heavy (non-hydrogen) atoms. The SMILES string of the molecule is CC(N)CCCCCCCCNNNNN. The number of nitrogens with one attached hydrogen (secondary N) is 4. The van der Waals surface area contributed by atoms with E-state index in [9.17, 15) is 0 Å². The molecule has 0 aliphatic heterocycles. The van der Waals surface area contributed by atoms with Crippen LogP contribution in [0.5, 0.6) is 0 Å². The van der Waals surface area contributed by atoms with Crippen molar-refractivity contribution >= 4 is 0 Å². The highest BCUT2D eigenvalue weighted by Crippen LogP contribution is 2.07. The molecule has 0 aromatic heterocycles. The molecule has 1 unspecified atom stereocenters. The number of hydrazine groups is 4. The Labute approximate surface area is 98.8 Å². The van der Waals surface area contributed by atoms with Gasteiger partial charge in [-0.05, 0) is 19.8 Å². The summed E-state index contributed by atoms with van der Waals surface area (Å²) in [5.41, 5.74) is 16.2. The standard InChI is InChI=1S/C10H28N6/c1-10(11)8-6-4-2-3-5-7-9-13-15-16-14-12/h10,13-16H,2-9,11-12H2,1H3. The smallest absolute Gasteiger partial charge is 0.0113 e. The largest absolute Gasteiger partial charge is 0.328 e. The van der Waals surface area contributed by atoms with Crippen molar-refractivity contribution in [2.24, 2.45) is 11.6 Å². The molecule has 0 amide bonds. The quantitative estimate of drug-likeness (QED) is 0.161. The van der Waals surface area contributed by atoms with Crippen LogP contribution in [0.1, 0.15) is 51.9 Å². The maximum Gasteiger partial charge on any atom is 0.0113 e. The number of hydrogen-bond acceptors (Lipinski definition) is 6. The van der Waals surface area contributed by atoms with Gasteiger partial charge in [0.2, 0.25) is 0 Å². The first kappa shape index (κ1) is 15.8. The molecule has 0 rings (SSSR count). The van der Waals surface area contributed by atoms with E-state index in [-0.39, 0.29) is 0 Å². The fourth-order valence-electron chi connectivity index (χ4n) is 1.53. The van der Waals surface area contributed by atoms with Gasteiger partial charge in [0.1, 0.15) is 0 Å². The zero-order chi connectivity index (χ0) is 12.1. The molecule has 0 aliphatic carbocycles. The highest BCUT2D eigenvalue weighted by molar-refractivity contribution is 4.53. The summed E-state index contributed by atoms with van der Waals surface area (Å²) in [4.78, 5) is 0. The molecular formula is C10H28N6. The molecule has 0 bridgehead atoms. The van der Waals surface area contributed by atoms with Gasteiger partial charge in [-0.3, -0.25) is 5.84 Å². The number of rotatable bonds is 12. The van der Waals surface area contributed by atoms with Gasteiger partial charge in [0, 0.05) is 12.6 Å². The summed E-state index contributed by atoms with van der Waals surface area (Å²) in [6.45, 7) is 3.01. The summed E-state index contributed by atoms with van der Waals surface area (Å²) in [5, 5.41) is 0. The molecule has 0 aromatic rings. The minimum atomic E-state index is 0.360. The summed E-state index contributed by atoms with van der Waals surface area (Å²) < 4.78 is 0. The molecule has 0 fully saturated rings. The maximum absolute atomic E-state index is 5.68. The third kappa shape index (κ3) is 13.8. The van der Waals surface area contributed by atoms with E-state index in [4.69, 9.17) is 11.6 Å². The normalized spacial score (nSPS) is 12.9. The molecule has 0 saturated heterocycles. The Balaban J connectivity index is 2.88. The Morgan fingerprint density at radius 2 is 1.56 bits per heavy atom. The first-order chi connectivity index (χ1) is 7.77. The van der Waals surface area contributed by atoms with Crippen molar-refractivity contribution in [3.63, 3.8) is 0 Å². The highest BCUT2D eigenvalue weighted by atomic mass is 15.8. The summed E-state index contributed by atoms with van der Waals surface area (Å²) in [6, 6.07) is 0.360. The average molecular weight is 232 g/mol. The Morgan fingerprint density at radius 3 is 2.19 bits per heavy atom. The van der Waals surface area contributed by atoms with Gasteiger partial charge in [-0.25, -0.2) is 5.43 Å². The van der Waals surface area contributed by atoms with Crippen LogP contribution in [0.2, 0.25) is 0 Å². The molecule has 0 aromatic carbocycles. The topological polar surface area (TPSA) is 100 Å². The molecule has 0 heterocycles. The van der Waals surface area contributed by atoms with Crippen LogP contribution in [-0.2, 0) is 0 Å². The van der Waals surface area contributed by atoms with Crippen LogP contribution in [-0.4, -0.2) is 12.6 Å². The van der Waals surface area contributed by atoms with E-state index in [0.717, 1.165) is 13.0 Å². The van der Waals surface area contributed by atoms with Crippen LogP contribution in [0.25, 0.3) is 0 Å². The fraction of sp³-hybridized carbons (Fsp3) is 1.00. The second kappa shape index (κ2) is 12.8. The van der Waals surface area contributed by atoms with Crippen LogP contribution in [0.15, 0.2) is 0 Å². The molecule has 98 valence electrons. The van der Waals surface area contributed by atoms with E-state index in [1.54, 1.807) is 0 Å². The third-order valence-electron chi connectivity index (χ3n) is 2.43.